The molecule has 1 heterocycles. The Morgan fingerprint density at radius 1 is 1.26 bits per heavy atom. The highest BCUT2D eigenvalue weighted by Gasteiger charge is 2.08. The lowest BCUT2D eigenvalue weighted by Gasteiger charge is -2.07. The van der Waals surface area contributed by atoms with Crippen LogP contribution in [0.4, 0.5) is 0 Å². The molecular formula is C19H18ClN5OS. The van der Waals surface area contributed by atoms with E-state index in [2.05, 4.69) is 20.8 Å². The Hall–Kier alpha value is -2.90. The van der Waals surface area contributed by atoms with Crippen LogP contribution < -0.4 is 10.3 Å². The van der Waals surface area contributed by atoms with Crippen molar-refractivity contribution in [2.45, 2.75) is 6.92 Å². The number of aromatic amines is 1. The standard InChI is InChI=1S/C19H18ClN5OS/c1-2-26-17-10-8-15(9-11-17)18-22-23-19(27)25(18)24-21-13-16(20)12-14-6-4-3-5-7-14/h3-13,24H,2H2,1H3,(H,23,27)/b16-12-,21-13-. The molecule has 3 rings (SSSR count). The van der Waals surface area contributed by atoms with Crippen LogP contribution in [0, 0.1) is 4.77 Å². The Kier molecular flexibility index (Phi) is 6.40. The second-order valence-electron chi connectivity index (χ2n) is 5.44. The number of hydrazone groups is 1. The smallest absolute Gasteiger partial charge is 0.216 e. The lowest BCUT2D eigenvalue weighted by atomic mass is 10.2. The zero-order chi connectivity index (χ0) is 19.1. The van der Waals surface area contributed by atoms with Crippen molar-refractivity contribution in [3.05, 3.63) is 70.0 Å². The minimum atomic E-state index is 0.388. The molecule has 0 spiro atoms. The minimum absolute atomic E-state index is 0.388. The number of hydrogen-bond acceptors (Lipinski definition) is 5. The Balaban J connectivity index is 1.75. The highest BCUT2D eigenvalue weighted by molar-refractivity contribution is 7.71. The van der Waals surface area contributed by atoms with E-state index < -0.39 is 0 Å². The molecule has 6 nitrogen and oxygen atoms in total. The molecule has 0 atom stereocenters. The molecule has 0 unspecified atom stereocenters. The van der Waals surface area contributed by atoms with Gasteiger partial charge in [-0.1, -0.05) is 41.9 Å². The molecule has 8 heteroatoms. The Labute approximate surface area is 167 Å². The van der Waals surface area contributed by atoms with E-state index in [9.17, 15) is 0 Å². The molecule has 1 aromatic heterocycles. The maximum absolute atomic E-state index is 6.20. The van der Waals surface area contributed by atoms with Crippen LogP contribution in [-0.2, 0) is 0 Å². The highest BCUT2D eigenvalue weighted by atomic mass is 35.5. The highest BCUT2D eigenvalue weighted by Crippen LogP contribution is 2.20. The fourth-order valence-corrected chi connectivity index (χ4v) is 2.69. The van der Waals surface area contributed by atoms with E-state index in [0.717, 1.165) is 16.9 Å². The van der Waals surface area contributed by atoms with Crippen molar-refractivity contribution in [2.24, 2.45) is 5.10 Å². The van der Waals surface area contributed by atoms with Gasteiger partial charge in [-0.15, -0.1) is 0 Å². The summed E-state index contributed by atoms with van der Waals surface area (Å²) in [5, 5.41) is 11.6. The summed E-state index contributed by atoms with van der Waals surface area (Å²) in [6, 6.07) is 17.3. The maximum atomic E-state index is 6.20. The molecule has 3 aromatic rings. The van der Waals surface area contributed by atoms with Gasteiger partial charge in [0.25, 0.3) is 0 Å². The molecule has 2 N–H and O–H groups in total. The number of halogens is 1. The summed E-state index contributed by atoms with van der Waals surface area (Å²) in [5.74, 6) is 1.40. The van der Waals surface area contributed by atoms with Gasteiger partial charge in [-0.25, -0.2) is 10.6 Å². The summed E-state index contributed by atoms with van der Waals surface area (Å²) in [6.07, 6.45) is 3.32. The molecule has 0 fully saturated rings. The van der Waals surface area contributed by atoms with Crippen molar-refractivity contribution < 1.29 is 4.74 Å². The normalized spacial score (nSPS) is 11.7. The van der Waals surface area contributed by atoms with Gasteiger partial charge in [-0.3, -0.25) is 0 Å². The van der Waals surface area contributed by atoms with Gasteiger partial charge in [0.05, 0.1) is 17.9 Å². The first-order valence-corrected chi connectivity index (χ1v) is 9.08. The van der Waals surface area contributed by atoms with Gasteiger partial charge in [-0.2, -0.15) is 14.9 Å². The van der Waals surface area contributed by atoms with Crippen LogP contribution in [0.1, 0.15) is 12.5 Å². The lowest BCUT2D eigenvalue weighted by molar-refractivity contribution is 0.340. The maximum Gasteiger partial charge on any atom is 0.216 e. The second-order valence-corrected chi connectivity index (χ2v) is 6.27. The zero-order valence-electron chi connectivity index (χ0n) is 14.6. The third-order valence-corrected chi connectivity index (χ3v) is 4.03. The number of benzene rings is 2. The second kappa shape index (κ2) is 9.16. The SMILES string of the molecule is CCOc1ccc(-c2n[nH]c(=S)n2N/N=C\C(Cl)=C\c2ccccc2)cc1. The topological polar surface area (TPSA) is 67.2 Å². The molecule has 0 saturated carbocycles. The summed E-state index contributed by atoms with van der Waals surface area (Å²) >= 11 is 11.5. The van der Waals surface area contributed by atoms with Gasteiger partial charge >= 0.3 is 0 Å². The van der Waals surface area contributed by atoms with Gasteiger partial charge < -0.3 is 4.74 Å². The van der Waals surface area contributed by atoms with Gasteiger partial charge in [0.15, 0.2) is 5.82 Å². The van der Waals surface area contributed by atoms with Crippen molar-refractivity contribution in [3.63, 3.8) is 0 Å². The number of ether oxygens (including phenoxy) is 1. The van der Waals surface area contributed by atoms with Crippen LogP contribution in [0.15, 0.2) is 64.7 Å². The van der Waals surface area contributed by atoms with E-state index in [1.165, 1.54) is 6.21 Å². The van der Waals surface area contributed by atoms with Crippen molar-refractivity contribution in [2.75, 3.05) is 12.1 Å². The predicted octanol–water partition coefficient (Wildman–Crippen LogP) is 4.82. The van der Waals surface area contributed by atoms with Crippen LogP contribution in [0.5, 0.6) is 5.75 Å². The van der Waals surface area contributed by atoms with Crippen molar-refractivity contribution in [1.29, 1.82) is 0 Å². The van der Waals surface area contributed by atoms with Gasteiger partial charge in [0.1, 0.15) is 5.75 Å². The molecule has 0 bridgehead atoms. The quantitative estimate of drug-likeness (QED) is 0.339. The summed E-state index contributed by atoms with van der Waals surface area (Å²) in [4.78, 5) is 0. The van der Waals surface area contributed by atoms with E-state index >= 15 is 0 Å². The van der Waals surface area contributed by atoms with Crippen molar-refractivity contribution in [3.8, 4) is 17.1 Å². The number of rotatable bonds is 7. The number of nitrogens with one attached hydrogen (secondary N) is 2. The van der Waals surface area contributed by atoms with Crippen molar-refractivity contribution in [1.82, 2.24) is 14.9 Å². The third-order valence-electron chi connectivity index (χ3n) is 3.55. The van der Waals surface area contributed by atoms with E-state index in [4.69, 9.17) is 28.6 Å². The minimum Gasteiger partial charge on any atom is -0.494 e. The predicted molar refractivity (Wildman–Crippen MR) is 112 cm³/mol. The summed E-state index contributed by atoms with van der Waals surface area (Å²) in [6.45, 7) is 2.56. The molecule has 0 amide bonds. The molecule has 138 valence electrons. The molecule has 0 radical (unpaired) electrons. The van der Waals surface area contributed by atoms with Crippen LogP contribution in [-0.4, -0.2) is 27.7 Å². The Bertz CT molecular complexity index is 993. The van der Waals surface area contributed by atoms with Crippen LogP contribution in [0.3, 0.4) is 0 Å². The zero-order valence-corrected chi connectivity index (χ0v) is 16.2. The molecule has 0 aliphatic heterocycles. The van der Waals surface area contributed by atoms with E-state index in [0.29, 0.717) is 22.2 Å². The number of H-pyrrole nitrogens is 1. The van der Waals surface area contributed by atoms with Crippen molar-refractivity contribution >= 4 is 36.1 Å². The third kappa shape index (κ3) is 5.06. The molecule has 0 aliphatic carbocycles. The van der Waals surface area contributed by atoms with Gasteiger partial charge in [0.2, 0.25) is 4.77 Å². The Morgan fingerprint density at radius 2 is 2.00 bits per heavy atom. The monoisotopic (exact) mass is 399 g/mol. The molecule has 27 heavy (non-hydrogen) atoms. The number of hydrogen-bond donors (Lipinski definition) is 2. The number of aromatic nitrogens is 3. The summed E-state index contributed by atoms with van der Waals surface area (Å²) in [5.41, 5.74) is 4.70. The van der Waals surface area contributed by atoms with Crippen LogP contribution in [0.25, 0.3) is 17.5 Å². The Morgan fingerprint density at radius 3 is 2.70 bits per heavy atom. The van der Waals surface area contributed by atoms with Crippen LogP contribution >= 0.6 is 23.8 Å². The average molecular weight is 400 g/mol. The fraction of sp³-hybridized carbons (Fsp3) is 0.105. The van der Waals surface area contributed by atoms with Gasteiger partial charge in [-0.05, 0) is 55.0 Å². The van der Waals surface area contributed by atoms with Crippen LogP contribution in [0.2, 0.25) is 0 Å². The van der Waals surface area contributed by atoms with E-state index in [1.807, 2.05) is 67.6 Å². The number of allylic oxidation sites excluding steroid dienone is 1. The fourth-order valence-electron chi connectivity index (χ4n) is 2.34. The lowest BCUT2D eigenvalue weighted by Crippen LogP contribution is -2.10. The summed E-state index contributed by atoms with van der Waals surface area (Å²) in [7, 11) is 0. The van der Waals surface area contributed by atoms with Gasteiger partial charge in [0, 0.05) is 5.56 Å². The number of nitrogens with zero attached hydrogens (tertiary/aromatic N) is 3. The molecule has 0 aliphatic rings. The first-order chi connectivity index (χ1) is 13.2. The van der Waals surface area contributed by atoms with E-state index in [1.54, 1.807) is 4.68 Å². The first kappa shape index (κ1) is 18.9. The average Bonchev–Trinajstić information content (AvgIpc) is 3.04. The summed E-state index contributed by atoms with van der Waals surface area (Å²) < 4.78 is 7.41. The molecule has 2 aromatic carbocycles. The molecular weight excluding hydrogens is 382 g/mol. The molecule has 0 saturated heterocycles. The van der Waals surface area contributed by atoms with E-state index in [-0.39, 0.29) is 0 Å². The largest absolute Gasteiger partial charge is 0.494 e. The first-order valence-electron chi connectivity index (χ1n) is 8.29.